The van der Waals surface area contributed by atoms with Crippen LogP contribution >= 0.6 is 0 Å². The predicted octanol–water partition coefficient (Wildman–Crippen LogP) is 4.34. The lowest BCUT2D eigenvalue weighted by molar-refractivity contribution is 0.236. The summed E-state index contributed by atoms with van der Waals surface area (Å²) in [7, 11) is -3.67. The lowest BCUT2D eigenvalue weighted by atomic mass is 10.2. The SMILES string of the molecule is O=S(=O)(Cc1ccccc1)n1nc(N2CCN(CCCCOc3cnc4ccccc4n3)CC2)c2ccccc21. The standard InChI is InChI=1S/C30H32N6O3S/c37-40(38,23-24-10-2-1-3-11-24)36-28-15-7-4-12-25(28)30(33-36)35-19-17-34(18-20-35)16-8-9-21-39-29-22-31-26-13-5-6-14-27(26)32-29/h1-7,10-15,22H,8-9,16-21,23H2. The first-order valence-corrected chi connectivity index (χ1v) is 15.2. The molecule has 40 heavy (non-hydrogen) atoms. The topological polar surface area (TPSA) is 93.5 Å². The molecule has 1 aliphatic heterocycles. The van der Waals surface area contributed by atoms with Gasteiger partial charge in [-0.2, -0.15) is 4.09 Å². The number of ether oxygens (including phenoxy) is 1. The molecule has 0 atom stereocenters. The van der Waals surface area contributed by atoms with E-state index in [-0.39, 0.29) is 5.75 Å². The normalized spacial score (nSPS) is 14.7. The molecule has 9 nitrogen and oxygen atoms in total. The van der Waals surface area contributed by atoms with Crippen LogP contribution in [0, 0.1) is 0 Å². The van der Waals surface area contributed by atoms with E-state index in [0.29, 0.717) is 18.0 Å². The summed E-state index contributed by atoms with van der Waals surface area (Å²) in [5.41, 5.74) is 3.06. The summed E-state index contributed by atoms with van der Waals surface area (Å²) < 4.78 is 33.7. The van der Waals surface area contributed by atoms with Crippen LogP contribution in [-0.2, 0) is 15.8 Å². The van der Waals surface area contributed by atoms with Gasteiger partial charge in [0.2, 0.25) is 5.88 Å². The van der Waals surface area contributed by atoms with E-state index in [2.05, 4.69) is 24.9 Å². The summed E-state index contributed by atoms with van der Waals surface area (Å²) in [5, 5.41) is 5.51. The first-order chi connectivity index (χ1) is 19.6. The second-order valence-electron chi connectivity index (χ2n) is 10.0. The fourth-order valence-corrected chi connectivity index (χ4v) is 6.52. The molecule has 0 radical (unpaired) electrons. The molecule has 2 aromatic heterocycles. The van der Waals surface area contributed by atoms with Crippen molar-refractivity contribution in [1.29, 1.82) is 0 Å². The van der Waals surface area contributed by atoms with Crippen LogP contribution in [0.15, 0.2) is 85.1 Å². The van der Waals surface area contributed by atoms with Crippen LogP contribution in [0.3, 0.4) is 0 Å². The molecule has 0 aliphatic carbocycles. The predicted molar refractivity (Wildman–Crippen MR) is 157 cm³/mol. The number of rotatable bonds is 10. The van der Waals surface area contributed by atoms with Crippen molar-refractivity contribution in [2.45, 2.75) is 18.6 Å². The van der Waals surface area contributed by atoms with E-state index in [1.165, 1.54) is 4.09 Å². The highest BCUT2D eigenvalue weighted by Gasteiger charge is 2.26. The number of piperazine rings is 1. The summed E-state index contributed by atoms with van der Waals surface area (Å²) in [5.74, 6) is 1.20. The van der Waals surface area contributed by atoms with E-state index in [1.54, 1.807) is 6.20 Å². The number of hydrogen-bond acceptors (Lipinski definition) is 8. The summed E-state index contributed by atoms with van der Waals surface area (Å²) in [6, 6.07) is 24.6. The van der Waals surface area contributed by atoms with Gasteiger partial charge in [0.05, 0.1) is 35.1 Å². The molecule has 10 heteroatoms. The van der Waals surface area contributed by atoms with Gasteiger partial charge in [0.15, 0.2) is 5.82 Å². The Bertz CT molecular complexity index is 1700. The molecule has 0 saturated carbocycles. The number of unbranched alkanes of at least 4 members (excludes halogenated alkanes) is 1. The number of benzene rings is 3. The summed E-state index contributed by atoms with van der Waals surface area (Å²) >= 11 is 0. The lowest BCUT2D eigenvalue weighted by Gasteiger charge is -2.35. The summed E-state index contributed by atoms with van der Waals surface area (Å²) in [4.78, 5) is 13.6. The average molecular weight is 557 g/mol. The Morgan fingerprint density at radius 2 is 1.52 bits per heavy atom. The Morgan fingerprint density at radius 3 is 2.35 bits per heavy atom. The largest absolute Gasteiger partial charge is 0.477 e. The van der Waals surface area contributed by atoms with Gasteiger partial charge in [-0.3, -0.25) is 4.90 Å². The van der Waals surface area contributed by atoms with Gasteiger partial charge in [-0.25, -0.2) is 18.4 Å². The van der Waals surface area contributed by atoms with Gasteiger partial charge < -0.3 is 9.64 Å². The quantitative estimate of drug-likeness (QED) is 0.235. The maximum absolute atomic E-state index is 13.3. The van der Waals surface area contributed by atoms with Crippen LogP contribution < -0.4 is 9.64 Å². The molecule has 3 heterocycles. The minimum Gasteiger partial charge on any atom is -0.477 e. The Labute approximate surface area is 234 Å². The van der Waals surface area contributed by atoms with E-state index in [9.17, 15) is 8.42 Å². The Hall–Kier alpha value is -4.02. The minimum absolute atomic E-state index is 0.0934. The van der Waals surface area contributed by atoms with Crippen LogP contribution in [0.25, 0.3) is 21.9 Å². The van der Waals surface area contributed by atoms with Gasteiger partial charge in [0.1, 0.15) is 0 Å². The molecular formula is C30H32N6O3S. The highest BCUT2D eigenvalue weighted by atomic mass is 32.2. The van der Waals surface area contributed by atoms with Crippen molar-refractivity contribution in [3.05, 3.63) is 90.6 Å². The van der Waals surface area contributed by atoms with Gasteiger partial charge in [0.25, 0.3) is 10.0 Å². The van der Waals surface area contributed by atoms with Gasteiger partial charge in [-0.05, 0) is 49.2 Å². The number of nitrogens with zero attached hydrogens (tertiary/aromatic N) is 6. The number of fused-ring (bicyclic) bond motifs is 2. The number of para-hydroxylation sites is 3. The molecule has 5 aromatic rings. The maximum atomic E-state index is 13.3. The molecule has 1 aliphatic rings. The molecule has 1 fully saturated rings. The van der Waals surface area contributed by atoms with E-state index < -0.39 is 10.0 Å². The van der Waals surface area contributed by atoms with Crippen molar-refractivity contribution in [2.75, 3.05) is 44.2 Å². The van der Waals surface area contributed by atoms with Gasteiger partial charge in [0, 0.05) is 31.6 Å². The average Bonchev–Trinajstić information content (AvgIpc) is 3.38. The zero-order valence-corrected chi connectivity index (χ0v) is 23.1. The molecule has 0 spiro atoms. The van der Waals surface area contributed by atoms with Crippen molar-refractivity contribution >= 4 is 37.8 Å². The van der Waals surface area contributed by atoms with Crippen LogP contribution in [0.5, 0.6) is 5.88 Å². The first kappa shape index (κ1) is 26.2. The highest BCUT2D eigenvalue weighted by molar-refractivity contribution is 7.89. The summed E-state index contributed by atoms with van der Waals surface area (Å²) in [6.07, 6.45) is 3.64. The number of anilines is 1. The van der Waals surface area contributed by atoms with Gasteiger partial charge in [-0.1, -0.05) is 54.6 Å². The van der Waals surface area contributed by atoms with Gasteiger partial charge in [-0.15, -0.1) is 5.10 Å². The molecule has 3 aromatic carbocycles. The highest BCUT2D eigenvalue weighted by Crippen LogP contribution is 2.29. The molecular weight excluding hydrogens is 524 g/mol. The van der Waals surface area contributed by atoms with Crippen LogP contribution in [-0.4, -0.2) is 71.8 Å². The number of aromatic nitrogens is 4. The molecule has 0 bridgehead atoms. The van der Waals surface area contributed by atoms with Crippen molar-refractivity contribution in [2.24, 2.45) is 0 Å². The molecule has 206 valence electrons. The van der Waals surface area contributed by atoms with Crippen molar-refractivity contribution in [3.63, 3.8) is 0 Å². The molecule has 0 N–H and O–H groups in total. The van der Waals surface area contributed by atoms with Gasteiger partial charge >= 0.3 is 0 Å². The van der Waals surface area contributed by atoms with E-state index in [1.807, 2.05) is 78.9 Å². The third kappa shape index (κ3) is 5.78. The zero-order valence-electron chi connectivity index (χ0n) is 22.3. The molecule has 6 rings (SSSR count). The second-order valence-corrected chi connectivity index (χ2v) is 11.8. The minimum atomic E-state index is -3.67. The summed E-state index contributed by atoms with van der Waals surface area (Å²) in [6.45, 7) is 4.98. The lowest BCUT2D eigenvalue weighted by Crippen LogP contribution is -2.47. The smallest absolute Gasteiger partial charge is 0.258 e. The van der Waals surface area contributed by atoms with Crippen molar-refractivity contribution < 1.29 is 13.2 Å². The fourth-order valence-electron chi connectivity index (χ4n) is 5.12. The van der Waals surface area contributed by atoms with Crippen LogP contribution in [0.1, 0.15) is 18.4 Å². The maximum Gasteiger partial charge on any atom is 0.258 e. The second kappa shape index (κ2) is 11.6. The fraction of sp³-hybridized carbons (Fsp3) is 0.300. The van der Waals surface area contributed by atoms with E-state index in [0.717, 1.165) is 73.4 Å². The monoisotopic (exact) mass is 556 g/mol. The third-order valence-corrected chi connectivity index (χ3v) is 8.71. The van der Waals surface area contributed by atoms with Crippen LogP contribution in [0.4, 0.5) is 5.82 Å². The third-order valence-electron chi connectivity index (χ3n) is 7.21. The molecule has 1 saturated heterocycles. The molecule has 0 unspecified atom stereocenters. The Morgan fingerprint density at radius 1 is 0.800 bits per heavy atom. The van der Waals surface area contributed by atoms with Crippen LogP contribution in [0.2, 0.25) is 0 Å². The number of hydrogen-bond donors (Lipinski definition) is 0. The Kier molecular flexibility index (Phi) is 7.61. The van der Waals surface area contributed by atoms with Crippen molar-refractivity contribution in [3.8, 4) is 5.88 Å². The molecule has 0 amide bonds. The van der Waals surface area contributed by atoms with E-state index in [4.69, 9.17) is 4.74 Å². The van der Waals surface area contributed by atoms with E-state index >= 15 is 0 Å². The Balaban J connectivity index is 1.03. The zero-order chi connectivity index (χ0) is 27.4. The van der Waals surface area contributed by atoms with Crippen molar-refractivity contribution in [1.82, 2.24) is 24.1 Å². The first-order valence-electron chi connectivity index (χ1n) is 13.6.